The van der Waals surface area contributed by atoms with Crippen LogP contribution >= 0.6 is 0 Å². The summed E-state index contributed by atoms with van der Waals surface area (Å²) in [6.07, 6.45) is 0.0686. The number of amides is 2. The molecule has 0 spiro atoms. The molecule has 90 valence electrons. The Morgan fingerprint density at radius 2 is 2.44 bits per heavy atom. The summed E-state index contributed by atoms with van der Waals surface area (Å²) in [5.74, 6) is 0.318. The van der Waals surface area contributed by atoms with E-state index in [1.807, 2.05) is 0 Å². The summed E-state index contributed by atoms with van der Waals surface area (Å²) in [5, 5.41) is 20.9. The molecule has 2 aliphatic rings. The molecule has 7 heteroatoms. The van der Waals surface area contributed by atoms with E-state index < -0.39 is 18.4 Å². The molecule has 1 saturated heterocycles. The van der Waals surface area contributed by atoms with Gasteiger partial charge in [0.1, 0.15) is 18.2 Å². The minimum absolute atomic E-state index is 0.259. The first-order chi connectivity index (χ1) is 7.61. The summed E-state index contributed by atoms with van der Waals surface area (Å²) in [7, 11) is 0. The van der Waals surface area contributed by atoms with Gasteiger partial charge in [-0.1, -0.05) is 0 Å². The van der Waals surface area contributed by atoms with Crippen molar-refractivity contribution in [3.8, 4) is 0 Å². The van der Waals surface area contributed by atoms with Gasteiger partial charge >= 0.3 is 6.03 Å². The molecular formula is C9H15N3O4. The molecule has 3 atom stereocenters. The molecule has 0 aromatic rings. The van der Waals surface area contributed by atoms with Crippen LogP contribution < -0.4 is 11.1 Å². The number of aliphatic hydroxyl groups is 2. The molecule has 16 heavy (non-hydrogen) atoms. The smallest absolute Gasteiger partial charge is 0.325 e. The van der Waals surface area contributed by atoms with E-state index in [4.69, 9.17) is 15.6 Å². The highest BCUT2D eigenvalue weighted by atomic mass is 16.5. The lowest BCUT2D eigenvalue weighted by Crippen LogP contribution is -2.50. The van der Waals surface area contributed by atoms with Crippen molar-refractivity contribution in [1.82, 2.24) is 10.2 Å². The molecule has 2 heterocycles. The van der Waals surface area contributed by atoms with E-state index in [0.717, 1.165) is 0 Å². The first-order valence-electron chi connectivity index (χ1n) is 5.09. The summed E-state index contributed by atoms with van der Waals surface area (Å²) in [6.45, 7) is 0.0817. The number of hydrogen-bond acceptors (Lipinski definition) is 5. The molecule has 2 amide bonds. The molecule has 7 nitrogen and oxygen atoms in total. The first-order valence-corrected chi connectivity index (χ1v) is 5.09. The van der Waals surface area contributed by atoms with Gasteiger partial charge in [-0.2, -0.15) is 0 Å². The zero-order valence-electron chi connectivity index (χ0n) is 8.67. The summed E-state index contributed by atoms with van der Waals surface area (Å²) in [6, 6.07) is -0.351. The van der Waals surface area contributed by atoms with Gasteiger partial charge in [0, 0.05) is 13.0 Å². The van der Waals surface area contributed by atoms with Crippen LogP contribution in [0.1, 0.15) is 6.42 Å². The topological polar surface area (TPSA) is 108 Å². The van der Waals surface area contributed by atoms with Gasteiger partial charge in [0.25, 0.3) is 0 Å². The third-order valence-corrected chi connectivity index (χ3v) is 2.75. The Labute approximate surface area is 92.5 Å². The summed E-state index contributed by atoms with van der Waals surface area (Å²) >= 11 is 0. The van der Waals surface area contributed by atoms with Crippen LogP contribution in [-0.2, 0) is 4.74 Å². The Kier molecular flexibility index (Phi) is 2.99. The standard InChI is InChI=1S/C9H15N3O4/c10-7-1-2-12(9(15)11-7)8-3-5(14)6(4-13)16-8/h1,5-6,8,13-14H,2-4,10H2,(H,11,15)/t5-,6+,8+/m0/s1. The van der Waals surface area contributed by atoms with Crippen LogP contribution in [0.15, 0.2) is 11.9 Å². The largest absolute Gasteiger partial charge is 0.394 e. The number of ether oxygens (including phenoxy) is 1. The maximum absolute atomic E-state index is 11.6. The summed E-state index contributed by atoms with van der Waals surface area (Å²) in [5.41, 5.74) is 5.44. The van der Waals surface area contributed by atoms with E-state index >= 15 is 0 Å². The molecule has 1 fully saturated rings. The quantitative estimate of drug-likeness (QED) is 0.450. The maximum atomic E-state index is 11.6. The normalized spacial score (nSPS) is 34.9. The highest BCUT2D eigenvalue weighted by molar-refractivity contribution is 5.77. The molecule has 0 aromatic heterocycles. The number of rotatable bonds is 2. The molecule has 0 unspecified atom stereocenters. The van der Waals surface area contributed by atoms with Gasteiger partial charge < -0.3 is 20.7 Å². The third kappa shape index (κ3) is 1.97. The lowest BCUT2D eigenvalue weighted by atomic mass is 10.2. The molecule has 2 rings (SSSR count). The monoisotopic (exact) mass is 229 g/mol. The summed E-state index contributed by atoms with van der Waals surface area (Å²) < 4.78 is 5.36. The van der Waals surface area contributed by atoms with Crippen molar-refractivity contribution in [3.05, 3.63) is 11.9 Å². The van der Waals surface area contributed by atoms with Gasteiger partial charge in [0.15, 0.2) is 0 Å². The van der Waals surface area contributed by atoms with E-state index in [9.17, 15) is 9.90 Å². The second-order valence-electron chi connectivity index (χ2n) is 3.86. The summed E-state index contributed by atoms with van der Waals surface area (Å²) in [4.78, 5) is 13.0. The zero-order valence-corrected chi connectivity index (χ0v) is 8.67. The molecule has 5 N–H and O–H groups in total. The van der Waals surface area contributed by atoms with Crippen molar-refractivity contribution in [2.24, 2.45) is 5.73 Å². The van der Waals surface area contributed by atoms with Crippen LogP contribution in [0.3, 0.4) is 0 Å². The lowest BCUT2D eigenvalue weighted by Gasteiger charge is -2.30. The van der Waals surface area contributed by atoms with Crippen molar-refractivity contribution in [2.45, 2.75) is 24.9 Å². The van der Waals surface area contributed by atoms with Crippen molar-refractivity contribution in [3.63, 3.8) is 0 Å². The number of nitrogens with one attached hydrogen (secondary N) is 1. The van der Waals surface area contributed by atoms with E-state index in [0.29, 0.717) is 18.8 Å². The number of hydrogen-bond donors (Lipinski definition) is 4. The second kappa shape index (κ2) is 4.28. The number of carbonyl (C=O) groups excluding carboxylic acids is 1. The van der Waals surface area contributed by atoms with Crippen molar-refractivity contribution >= 4 is 6.03 Å². The molecule has 0 aliphatic carbocycles. The van der Waals surface area contributed by atoms with Gasteiger partial charge in [-0.05, 0) is 6.08 Å². The van der Waals surface area contributed by atoms with Crippen molar-refractivity contribution < 1.29 is 19.7 Å². The Morgan fingerprint density at radius 1 is 1.69 bits per heavy atom. The fourth-order valence-corrected chi connectivity index (χ4v) is 1.85. The van der Waals surface area contributed by atoms with Crippen molar-refractivity contribution in [1.29, 1.82) is 0 Å². The van der Waals surface area contributed by atoms with Crippen LogP contribution in [0.2, 0.25) is 0 Å². The second-order valence-corrected chi connectivity index (χ2v) is 3.86. The maximum Gasteiger partial charge on any atom is 0.325 e. The van der Waals surface area contributed by atoms with Gasteiger partial charge in [-0.3, -0.25) is 10.2 Å². The van der Waals surface area contributed by atoms with Crippen LogP contribution in [0.25, 0.3) is 0 Å². The van der Waals surface area contributed by atoms with E-state index in [-0.39, 0.29) is 12.6 Å². The lowest BCUT2D eigenvalue weighted by molar-refractivity contribution is -0.0621. The number of aliphatic hydroxyl groups excluding tert-OH is 2. The SMILES string of the molecule is NC1=CCN([C@H]2C[C@H](O)[C@@H](CO)O2)C(=O)N1. The minimum atomic E-state index is -0.744. The number of nitrogens with zero attached hydrogens (tertiary/aromatic N) is 1. The van der Waals surface area contributed by atoms with Gasteiger partial charge in [-0.25, -0.2) is 4.79 Å². The van der Waals surface area contributed by atoms with Gasteiger partial charge in [0.05, 0.1) is 12.7 Å². The third-order valence-electron chi connectivity index (χ3n) is 2.75. The van der Waals surface area contributed by atoms with Gasteiger partial charge in [-0.15, -0.1) is 0 Å². The molecule has 0 bridgehead atoms. The predicted octanol–water partition coefficient (Wildman–Crippen LogP) is -1.72. The van der Waals surface area contributed by atoms with Crippen molar-refractivity contribution in [2.75, 3.05) is 13.2 Å². The van der Waals surface area contributed by atoms with E-state index in [1.54, 1.807) is 6.08 Å². The average molecular weight is 229 g/mol. The van der Waals surface area contributed by atoms with E-state index in [1.165, 1.54) is 4.90 Å². The highest BCUT2D eigenvalue weighted by Gasteiger charge is 2.39. The Bertz CT molecular complexity index is 320. The van der Waals surface area contributed by atoms with Crippen LogP contribution in [0.5, 0.6) is 0 Å². The molecule has 0 saturated carbocycles. The molecule has 0 aromatic carbocycles. The highest BCUT2D eigenvalue weighted by Crippen LogP contribution is 2.24. The zero-order chi connectivity index (χ0) is 11.7. The Morgan fingerprint density at radius 3 is 3.00 bits per heavy atom. The molecule has 0 radical (unpaired) electrons. The molecule has 2 aliphatic heterocycles. The van der Waals surface area contributed by atoms with Crippen LogP contribution in [-0.4, -0.2) is 52.7 Å². The fourth-order valence-electron chi connectivity index (χ4n) is 1.85. The van der Waals surface area contributed by atoms with Crippen LogP contribution in [0.4, 0.5) is 4.79 Å². The number of nitrogens with two attached hydrogens (primary N) is 1. The number of urea groups is 1. The Hall–Kier alpha value is -1.31. The minimum Gasteiger partial charge on any atom is -0.394 e. The molecular weight excluding hydrogens is 214 g/mol. The van der Waals surface area contributed by atoms with Gasteiger partial charge in [0.2, 0.25) is 0 Å². The van der Waals surface area contributed by atoms with Crippen LogP contribution in [0, 0.1) is 0 Å². The average Bonchev–Trinajstić information content (AvgIpc) is 2.59. The van der Waals surface area contributed by atoms with E-state index in [2.05, 4.69) is 5.32 Å². The fraction of sp³-hybridized carbons (Fsp3) is 0.667. The predicted molar refractivity (Wildman–Crippen MR) is 53.9 cm³/mol. The Balaban J connectivity index is 2.02. The number of carbonyl (C=O) groups is 1. The first kappa shape index (κ1) is 11.2.